The van der Waals surface area contributed by atoms with Crippen LogP contribution in [-0.4, -0.2) is 29.8 Å². The quantitative estimate of drug-likeness (QED) is 0.764. The highest BCUT2D eigenvalue weighted by molar-refractivity contribution is 5.84. The lowest BCUT2D eigenvalue weighted by molar-refractivity contribution is -0.123. The zero-order chi connectivity index (χ0) is 12.8. The van der Waals surface area contributed by atoms with Gasteiger partial charge in [-0.15, -0.1) is 0 Å². The Hall–Kier alpha value is -0.370. The topological polar surface area (TPSA) is 20.3 Å². The minimum atomic E-state index is 0.251. The molecule has 2 aliphatic carbocycles. The Kier molecular flexibility index (Phi) is 3.04. The summed E-state index contributed by atoms with van der Waals surface area (Å²) in [7, 11) is 0. The van der Waals surface area contributed by atoms with Gasteiger partial charge in [-0.05, 0) is 43.1 Å². The van der Waals surface area contributed by atoms with E-state index in [-0.39, 0.29) is 6.04 Å². The summed E-state index contributed by atoms with van der Waals surface area (Å²) >= 11 is 0. The van der Waals surface area contributed by atoms with Gasteiger partial charge in [0, 0.05) is 13.0 Å². The molecule has 2 saturated carbocycles. The van der Waals surface area contributed by atoms with E-state index in [4.69, 9.17) is 0 Å². The minimum Gasteiger partial charge on any atom is -0.298 e. The van der Waals surface area contributed by atoms with E-state index >= 15 is 0 Å². The van der Waals surface area contributed by atoms with Crippen molar-refractivity contribution in [1.82, 2.24) is 4.90 Å². The molecule has 0 unspecified atom stereocenters. The first-order chi connectivity index (χ1) is 8.66. The van der Waals surface area contributed by atoms with E-state index in [0.717, 1.165) is 6.54 Å². The zero-order valence-corrected chi connectivity index (χ0v) is 12.0. The number of carbonyl (C=O) groups excluding carboxylic acids is 1. The van der Waals surface area contributed by atoms with Gasteiger partial charge in [0.1, 0.15) is 5.78 Å². The maximum Gasteiger partial charge on any atom is 0.149 e. The van der Waals surface area contributed by atoms with Gasteiger partial charge in [0.15, 0.2) is 0 Å². The number of rotatable bonds is 3. The van der Waals surface area contributed by atoms with Crippen molar-refractivity contribution in [2.24, 2.45) is 10.8 Å². The van der Waals surface area contributed by atoms with Crippen LogP contribution < -0.4 is 0 Å². The lowest BCUT2D eigenvalue weighted by atomic mass is 9.78. The van der Waals surface area contributed by atoms with Gasteiger partial charge in [-0.3, -0.25) is 9.69 Å². The summed E-state index contributed by atoms with van der Waals surface area (Å²) < 4.78 is 0. The van der Waals surface area contributed by atoms with Gasteiger partial charge in [-0.2, -0.15) is 0 Å². The molecule has 0 aromatic carbocycles. The smallest absolute Gasteiger partial charge is 0.149 e. The summed E-state index contributed by atoms with van der Waals surface area (Å²) in [6.45, 7) is 6.49. The second-order valence-corrected chi connectivity index (χ2v) is 6.90. The van der Waals surface area contributed by atoms with Crippen LogP contribution in [0.15, 0.2) is 0 Å². The molecule has 0 aromatic rings. The van der Waals surface area contributed by atoms with Crippen LogP contribution in [0.1, 0.15) is 65.2 Å². The predicted octanol–water partition coefficient (Wildman–Crippen LogP) is 3.40. The molecule has 2 heteroatoms. The van der Waals surface area contributed by atoms with E-state index in [1.54, 1.807) is 0 Å². The molecule has 1 aliphatic heterocycles. The highest BCUT2D eigenvalue weighted by Gasteiger charge is 2.69. The van der Waals surface area contributed by atoms with Crippen molar-refractivity contribution in [2.75, 3.05) is 13.1 Å². The van der Waals surface area contributed by atoms with Gasteiger partial charge in [0.25, 0.3) is 0 Å². The molecule has 1 heterocycles. The molecule has 2 nitrogen and oxygen atoms in total. The Morgan fingerprint density at radius 2 is 1.89 bits per heavy atom. The number of nitrogens with zero attached hydrogens (tertiary/aromatic N) is 1. The Morgan fingerprint density at radius 1 is 1.17 bits per heavy atom. The van der Waals surface area contributed by atoms with E-state index in [1.165, 1.54) is 51.5 Å². The molecule has 3 rings (SSSR count). The number of likely N-dealkylation sites (N-methyl/N-ethyl adjacent to an activating group) is 1. The van der Waals surface area contributed by atoms with Crippen molar-refractivity contribution in [1.29, 1.82) is 0 Å². The summed E-state index contributed by atoms with van der Waals surface area (Å²) in [5.74, 6) is 0.478. The van der Waals surface area contributed by atoms with Crippen molar-refractivity contribution in [3.63, 3.8) is 0 Å². The normalized spacial score (nSPS) is 38.4. The van der Waals surface area contributed by atoms with E-state index in [2.05, 4.69) is 11.8 Å². The van der Waals surface area contributed by atoms with Crippen molar-refractivity contribution < 1.29 is 4.79 Å². The molecule has 0 aromatic heterocycles. The van der Waals surface area contributed by atoms with E-state index in [0.29, 0.717) is 23.0 Å². The molecule has 0 bridgehead atoms. The van der Waals surface area contributed by atoms with Crippen molar-refractivity contribution >= 4 is 5.78 Å². The number of fused-ring (bicyclic) bond motifs is 1. The lowest BCUT2D eigenvalue weighted by Gasteiger charge is -2.26. The van der Waals surface area contributed by atoms with Crippen molar-refractivity contribution in [2.45, 2.75) is 71.3 Å². The van der Waals surface area contributed by atoms with Crippen LogP contribution in [0.25, 0.3) is 0 Å². The Labute approximate surface area is 111 Å². The third-order valence-corrected chi connectivity index (χ3v) is 6.14. The predicted molar refractivity (Wildman–Crippen MR) is 73.5 cm³/mol. The van der Waals surface area contributed by atoms with Crippen molar-refractivity contribution in [3.8, 4) is 0 Å². The Morgan fingerprint density at radius 3 is 2.50 bits per heavy atom. The van der Waals surface area contributed by atoms with Crippen LogP contribution >= 0.6 is 0 Å². The van der Waals surface area contributed by atoms with Crippen LogP contribution in [0.5, 0.6) is 0 Å². The van der Waals surface area contributed by atoms with Gasteiger partial charge in [0.2, 0.25) is 0 Å². The summed E-state index contributed by atoms with van der Waals surface area (Å²) in [6, 6.07) is 0.251. The van der Waals surface area contributed by atoms with E-state index in [9.17, 15) is 4.79 Å². The first-order valence-electron chi connectivity index (χ1n) is 7.93. The van der Waals surface area contributed by atoms with Crippen LogP contribution in [0, 0.1) is 10.8 Å². The van der Waals surface area contributed by atoms with Gasteiger partial charge in [-0.25, -0.2) is 0 Å². The van der Waals surface area contributed by atoms with E-state index in [1.807, 2.05) is 6.92 Å². The SMILES string of the molecule is CCC(=O)[C@@H]1C[C@@]2(CN1CC)CC21CCCCC1. The fourth-order valence-corrected chi connectivity index (χ4v) is 5.00. The standard InChI is InChI=1S/C16H27NO/c1-3-14(18)13-10-16(12-17(13)4-2)11-15(16)8-6-5-7-9-15/h13H,3-12H2,1-2H3/t13-,16-/m0/s1. The summed E-state index contributed by atoms with van der Waals surface area (Å²) in [5.41, 5.74) is 1.19. The molecule has 3 fully saturated rings. The number of likely N-dealkylation sites (tertiary alicyclic amines) is 1. The highest BCUT2D eigenvalue weighted by Crippen LogP contribution is 2.74. The second-order valence-electron chi connectivity index (χ2n) is 6.90. The molecule has 1 saturated heterocycles. The molecule has 0 radical (unpaired) electrons. The first kappa shape index (κ1) is 12.7. The molecular weight excluding hydrogens is 222 g/mol. The van der Waals surface area contributed by atoms with Crippen LogP contribution in [0.2, 0.25) is 0 Å². The monoisotopic (exact) mass is 249 g/mol. The van der Waals surface area contributed by atoms with Crippen molar-refractivity contribution in [3.05, 3.63) is 0 Å². The molecular formula is C16H27NO. The third kappa shape index (κ3) is 1.68. The molecule has 102 valence electrons. The first-order valence-corrected chi connectivity index (χ1v) is 7.93. The third-order valence-electron chi connectivity index (χ3n) is 6.14. The van der Waals surface area contributed by atoms with Crippen LogP contribution in [-0.2, 0) is 4.79 Å². The summed E-state index contributed by atoms with van der Waals surface area (Å²) in [6.07, 6.45) is 10.5. The summed E-state index contributed by atoms with van der Waals surface area (Å²) in [4.78, 5) is 14.6. The van der Waals surface area contributed by atoms with Gasteiger partial charge in [-0.1, -0.05) is 33.1 Å². The number of hydrogen-bond acceptors (Lipinski definition) is 2. The molecule has 18 heavy (non-hydrogen) atoms. The van der Waals surface area contributed by atoms with Gasteiger partial charge < -0.3 is 0 Å². The maximum atomic E-state index is 12.1. The van der Waals surface area contributed by atoms with Gasteiger partial charge >= 0.3 is 0 Å². The number of hydrogen-bond donors (Lipinski definition) is 0. The molecule has 2 atom stereocenters. The largest absolute Gasteiger partial charge is 0.298 e. The number of ketones is 1. The molecule has 0 amide bonds. The fourth-order valence-electron chi connectivity index (χ4n) is 5.00. The Balaban J connectivity index is 1.75. The highest BCUT2D eigenvalue weighted by atomic mass is 16.1. The van der Waals surface area contributed by atoms with Crippen LogP contribution in [0.3, 0.4) is 0 Å². The maximum absolute atomic E-state index is 12.1. The molecule has 0 N–H and O–H groups in total. The summed E-state index contributed by atoms with van der Waals surface area (Å²) in [5, 5.41) is 0. The fraction of sp³-hybridized carbons (Fsp3) is 0.938. The lowest BCUT2D eigenvalue weighted by Crippen LogP contribution is -2.35. The Bertz CT molecular complexity index is 345. The zero-order valence-electron chi connectivity index (χ0n) is 12.0. The molecule has 2 spiro atoms. The minimum absolute atomic E-state index is 0.251. The second kappa shape index (κ2) is 4.33. The number of Topliss-reactive ketones (excluding diaryl/α,β-unsaturated/α-hetero) is 1. The van der Waals surface area contributed by atoms with Crippen LogP contribution in [0.4, 0.5) is 0 Å². The number of carbonyl (C=O) groups is 1. The average molecular weight is 249 g/mol. The average Bonchev–Trinajstić information content (AvgIpc) is 2.81. The van der Waals surface area contributed by atoms with Gasteiger partial charge in [0.05, 0.1) is 6.04 Å². The molecule has 3 aliphatic rings. The van der Waals surface area contributed by atoms with E-state index < -0.39 is 0 Å².